The van der Waals surface area contributed by atoms with E-state index < -0.39 is 11.7 Å². The first-order chi connectivity index (χ1) is 11.8. The number of aromatic nitrogens is 1. The summed E-state index contributed by atoms with van der Waals surface area (Å²) in [5, 5.41) is 0. The van der Waals surface area contributed by atoms with Crippen LogP contribution in [-0.4, -0.2) is 4.57 Å². The molecule has 0 unspecified atom stereocenters. The number of alkyl halides is 3. The fourth-order valence-corrected chi connectivity index (χ4v) is 4.55. The smallest absolute Gasteiger partial charge is 0.329 e. The van der Waals surface area contributed by atoms with E-state index in [-0.39, 0.29) is 9.08 Å². The van der Waals surface area contributed by atoms with Crippen LogP contribution >= 0.6 is 31.9 Å². The summed E-state index contributed by atoms with van der Waals surface area (Å²) in [6, 6.07) is 16.8. The third-order valence-electron chi connectivity index (χ3n) is 3.93. The molecule has 0 N–H and O–H groups in total. The number of hydrogen-bond donors (Lipinski definition) is 0. The Balaban J connectivity index is 2.20. The first-order valence-corrected chi connectivity index (χ1v) is 9.13. The molecule has 0 fully saturated rings. The maximum Gasteiger partial charge on any atom is 0.420 e. The van der Waals surface area contributed by atoms with Crippen molar-refractivity contribution in [2.45, 2.75) is 19.6 Å². The number of halogens is 5. The molecule has 0 bridgehead atoms. The summed E-state index contributed by atoms with van der Waals surface area (Å²) in [4.78, 5) is 0. The maximum absolute atomic E-state index is 13.5. The predicted molar refractivity (Wildman–Crippen MR) is 101 cm³/mol. The van der Waals surface area contributed by atoms with Crippen LogP contribution in [-0.2, 0) is 12.7 Å². The number of benzene rings is 2. The Labute approximate surface area is 160 Å². The first kappa shape index (κ1) is 18.3. The SMILES string of the molecule is Cc1ccc(Cn2c(Br)c(C(F)(F)F)c(Br)c2-c2ccccc2)cc1. The van der Waals surface area contributed by atoms with Crippen molar-refractivity contribution in [2.24, 2.45) is 0 Å². The summed E-state index contributed by atoms with van der Waals surface area (Å²) in [6.45, 7) is 2.31. The third-order valence-corrected chi connectivity index (χ3v) is 5.53. The molecule has 0 atom stereocenters. The Bertz CT molecular complexity index is 882. The Morgan fingerprint density at radius 1 is 0.920 bits per heavy atom. The second-order valence-electron chi connectivity index (χ2n) is 5.76. The van der Waals surface area contributed by atoms with Gasteiger partial charge in [-0.25, -0.2) is 0 Å². The van der Waals surface area contributed by atoms with Crippen molar-refractivity contribution >= 4 is 31.9 Å². The number of aryl methyl sites for hydroxylation is 1. The van der Waals surface area contributed by atoms with Gasteiger partial charge in [0.2, 0.25) is 0 Å². The van der Waals surface area contributed by atoms with Crippen molar-refractivity contribution in [3.63, 3.8) is 0 Å². The Kier molecular flexibility index (Phi) is 5.11. The number of hydrogen-bond acceptors (Lipinski definition) is 0. The van der Waals surface area contributed by atoms with Crippen molar-refractivity contribution in [2.75, 3.05) is 0 Å². The lowest BCUT2D eigenvalue weighted by atomic mass is 10.1. The molecule has 6 heteroatoms. The zero-order chi connectivity index (χ0) is 18.2. The van der Waals surface area contributed by atoms with E-state index in [1.165, 1.54) is 0 Å². The highest BCUT2D eigenvalue weighted by Gasteiger charge is 2.40. The molecule has 130 valence electrons. The average Bonchev–Trinajstić information content (AvgIpc) is 2.80. The Morgan fingerprint density at radius 3 is 2.08 bits per heavy atom. The standard InChI is InChI=1S/C19H14Br2F3N/c1-12-7-9-13(10-8-12)11-25-17(14-5-3-2-4-6-14)16(20)15(18(25)21)19(22,23)24/h2-10H,11H2,1H3. The quantitative estimate of drug-likeness (QED) is 0.384. The topological polar surface area (TPSA) is 4.93 Å². The molecule has 3 rings (SSSR count). The molecule has 0 aliphatic rings. The van der Waals surface area contributed by atoms with Gasteiger partial charge in [-0.3, -0.25) is 0 Å². The van der Waals surface area contributed by atoms with Crippen molar-refractivity contribution in [1.82, 2.24) is 4.57 Å². The minimum absolute atomic E-state index is 0.0197. The second-order valence-corrected chi connectivity index (χ2v) is 7.31. The van der Waals surface area contributed by atoms with Gasteiger partial charge < -0.3 is 4.57 Å². The van der Waals surface area contributed by atoms with Crippen LogP contribution in [0.5, 0.6) is 0 Å². The number of rotatable bonds is 3. The highest BCUT2D eigenvalue weighted by Crippen LogP contribution is 2.46. The second kappa shape index (κ2) is 7.00. The molecule has 0 saturated heterocycles. The summed E-state index contributed by atoms with van der Waals surface area (Å²) in [5.74, 6) is 0. The van der Waals surface area contributed by atoms with Crippen molar-refractivity contribution in [3.8, 4) is 11.3 Å². The van der Waals surface area contributed by atoms with Crippen LogP contribution in [0.2, 0.25) is 0 Å². The van der Waals surface area contributed by atoms with E-state index in [1.54, 1.807) is 16.7 Å². The van der Waals surface area contributed by atoms with E-state index in [0.717, 1.165) is 16.7 Å². The average molecular weight is 473 g/mol. The molecule has 0 spiro atoms. The lowest BCUT2D eigenvalue weighted by molar-refractivity contribution is -0.138. The zero-order valence-electron chi connectivity index (χ0n) is 13.2. The van der Waals surface area contributed by atoms with Crippen LogP contribution in [0.15, 0.2) is 63.7 Å². The largest absolute Gasteiger partial charge is 0.420 e. The highest BCUT2D eigenvalue weighted by molar-refractivity contribution is 9.11. The summed E-state index contributed by atoms with van der Waals surface area (Å²) in [5.41, 5.74) is 2.56. The minimum atomic E-state index is -4.46. The number of nitrogens with zero attached hydrogens (tertiary/aromatic N) is 1. The fraction of sp³-hybridized carbons (Fsp3) is 0.158. The maximum atomic E-state index is 13.5. The van der Waals surface area contributed by atoms with Gasteiger partial charge in [0.05, 0.1) is 14.8 Å². The Morgan fingerprint density at radius 2 is 1.52 bits per heavy atom. The summed E-state index contributed by atoms with van der Waals surface area (Å²) < 4.78 is 42.3. The molecule has 2 aromatic carbocycles. The normalized spacial score (nSPS) is 11.8. The van der Waals surface area contributed by atoms with Gasteiger partial charge in [-0.1, -0.05) is 60.2 Å². The van der Waals surface area contributed by atoms with Gasteiger partial charge in [0.15, 0.2) is 0 Å². The molecule has 1 aromatic heterocycles. The van der Waals surface area contributed by atoms with Crippen LogP contribution in [0.3, 0.4) is 0 Å². The van der Waals surface area contributed by atoms with Crippen LogP contribution in [0, 0.1) is 6.92 Å². The van der Waals surface area contributed by atoms with E-state index in [0.29, 0.717) is 12.2 Å². The van der Waals surface area contributed by atoms with Crippen molar-refractivity contribution in [3.05, 3.63) is 80.4 Å². The van der Waals surface area contributed by atoms with Crippen LogP contribution < -0.4 is 0 Å². The third kappa shape index (κ3) is 3.70. The lowest BCUT2D eigenvalue weighted by Gasteiger charge is -2.12. The molecule has 0 aliphatic heterocycles. The molecule has 0 aliphatic carbocycles. The fourth-order valence-electron chi connectivity index (χ4n) is 2.71. The molecule has 0 radical (unpaired) electrons. The molecule has 0 saturated carbocycles. The monoisotopic (exact) mass is 471 g/mol. The minimum Gasteiger partial charge on any atom is -0.329 e. The first-order valence-electron chi connectivity index (χ1n) is 7.54. The summed E-state index contributed by atoms with van der Waals surface area (Å²) in [6.07, 6.45) is -4.46. The summed E-state index contributed by atoms with van der Waals surface area (Å²) >= 11 is 6.35. The van der Waals surface area contributed by atoms with Gasteiger partial charge in [-0.2, -0.15) is 13.2 Å². The Hall–Kier alpha value is -1.53. The van der Waals surface area contributed by atoms with Gasteiger partial charge in [0.25, 0.3) is 0 Å². The van der Waals surface area contributed by atoms with E-state index in [4.69, 9.17) is 0 Å². The van der Waals surface area contributed by atoms with Gasteiger partial charge in [-0.15, -0.1) is 0 Å². The van der Waals surface area contributed by atoms with Crippen LogP contribution in [0.25, 0.3) is 11.3 Å². The molecule has 0 amide bonds. The van der Waals surface area contributed by atoms with Gasteiger partial charge in [0, 0.05) is 6.54 Å². The molecule has 1 nitrogen and oxygen atoms in total. The zero-order valence-corrected chi connectivity index (χ0v) is 16.4. The van der Waals surface area contributed by atoms with Gasteiger partial charge in [0.1, 0.15) is 5.56 Å². The van der Waals surface area contributed by atoms with Crippen LogP contribution in [0.1, 0.15) is 16.7 Å². The summed E-state index contributed by atoms with van der Waals surface area (Å²) in [7, 11) is 0. The molecule has 3 aromatic rings. The van der Waals surface area contributed by atoms with Gasteiger partial charge in [-0.05, 0) is 49.9 Å². The van der Waals surface area contributed by atoms with E-state index in [2.05, 4.69) is 31.9 Å². The van der Waals surface area contributed by atoms with Gasteiger partial charge >= 0.3 is 6.18 Å². The predicted octanol–water partition coefficient (Wildman–Crippen LogP) is 7.06. The molecule has 1 heterocycles. The van der Waals surface area contributed by atoms with Crippen molar-refractivity contribution < 1.29 is 13.2 Å². The molecular weight excluding hydrogens is 459 g/mol. The van der Waals surface area contributed by atoms with E-state index >= 15 is 0 Å². The van der Waals surface area contributed by atoms with E-state index in [9.17, 15) is 13.2 Å². The van der Waals surface area contributed by atoms with Crippen molar-refractivity contribution in [1.29, 1.82) is 0 Å². The van der Waals surface area contributed by atoms with Crippen LogP contribution in [0.4, 0.5) is 13.2 Å². The molecular formula is C19H14Br2F3N. The lowest BCUT2D eigenvalue weighted by Crippen LogP contribution is -2.07. The highest BCUT2D eigenvalue weighted by atomic mass is 79.9. The van der Waals surface area contributed by atoms with E-state index in [1.807, 2.05) is 49.4 Å². The molecule has 25 heavy (non-hydrogen) atoms.